The Kier molecular flexibility index (Phi) is 6.14. The predicted octanol–water partition coefficient (Wildman–Crippen LogP) is 4.75. The van der Waals surface area contributed by atoms with Crippen LogP contribution in [0.4, 0.5) is 0 Å². The van der Waals surface area contributed by atoms with Crippen molar-refractivity contribution in [1.82, 2.24) is 0 Å². The summed E-state index contributed by atoms with van der Waals surface area (Å²) < 4.78 is 24.7. The fourth-order valence-corrected chi connectivity index (χ4v) is 7.45. The molecule has 7 heteroatoms. The van der Waals surface area contributed by atoms with Crippen LogP contribution in [0.3, 0.4) is 0 Å². The van der Waals surface area contributed by atoms with Gasteiger partial charge in [0.1, 0.15) is 11.7 Å². The SMILES string of the molecule is CC1(C)O[C@H]2O[C@H](CCO[Si](C)(C)C(C)(C)C)[C@](O)(/C=C/C34CCC(C[C@H]3O)C4(C)C)[C@H]2O1. The van der Waals surface area contributed by atoms with E-state index in [2.05, 4.69) is 53.8 Å². The molecule has 190 valence electrons. The fourth-order valence-electron chi connectivity index (χ4n) is 6.39. The lowest BCUT2D eigenvalue weighted by molar-refractivity contribution is -0.224. The Morgan fingerprint density at radius 1 is 1.09 bits per heavy atom. The first-order valence-electron chi connectivity index (χ1n) is 12.7. The summed E-state index contributed by atoms with van der Waals surface area (Å²) in [7, 11) is -1.91. The van der Waals surface area contributed by atoms with Gasteiger partial charge in [0.15, 0.2) is 20.4 Å². The average Bonchev–Trinajstić information content (AvgIpc) is 3.25. The van der Waals surface area contributed by atoms with Crippen LogP contribution in [0.2, 0.25) is 18.1 Å². The normalized spacial score (nSPS) is 44.2. The molecule has 2 heterocycles. The van der Waals surface area contributed by atoms with Crippen molar-refractivity contribution in [3.63, 3.8) is 0 Å². The van der Waals surface area contributed by atoms with Crippen molar-refractivity contribution in [2.45, 2.75) is 128 Å². The minimum Gasteiger partial charge on any atom is -0.417 e. The zero-order chi connectivity index (χ0) is 24.7. The lowest BCUT2D eigenvalue weighted by Crippen LogP contribution is -2.49. The molecule has 7 atom stereocenters. The molecule has 0 amide bonds. The summed E-state index contributed by atoms with van der Waals surface area (Å²) >= 11 is 0. The van der Waals surface area contributed by atoms with Gasteiger partial charge in [0.2, 0.25) is 0 Å². The van der Waals surface area contributed by atoms with Crippen molar-refractivity contribution >= 4 is 8.32 Å². The molecule has 2 unspecified atom stereocenters. The molecule has 2 aliphatic carbocycles. The van der Waals surface area contributed by atoms with E-state index in [1.165, 1.54) is 0 Å². The fraction of sp³-hybridized carbons (Fsp3) is 0.923. The van der Waals surface area contributed by atoms with Crippen molar-refractivity contribution < 1.29 is 28.8 Å². The highest BCUT2D eigenvalue weighted by Gasteiger charge is 2.65. The first-order valence-corrected chi connectivity index (χ1v) is 15.6. The molecule has 6 nitrogen and oxygen atoms in total. The van der Waals surface area contributed by atoms with Gasteiger partial charge in [0.25, 0.3) is 0 Å². The van der Waals surface area contributed by atoms with E-state index in [0.717, 1.165) is 19.3 Å². The second-order valence-electron chi connectivity index (χ2n) is 13.4. The summed E-state index contributed by atoms with van der Waals surface area (Å²) in [6, 6.07) is 0. The zero-order valence-corrected chi connectivity index (χ0v) is 23.1. The van der Waals surface area contributed by atoms with Gasteiger partial charge in [-0.05, 0) is 69.0 Å². The zero-order valence-electron chi connectivity index (χ0n) is 22.1. The van der Waals surface area contributed by atoms with E-state index >= 15 is 0 Å². The summed E-state index contributed by atoms with van der Waals surface area (Å²) in [5, 5.41) is 23.1. The Morgan fingerprint density at radius 3 is 2.30 bits per heavy atom. The highest BCUT2D eigenvalue weighted by atomic mass is 28.4. The smallest absolute Gasteiger partial charge is 0.191 e. The van der Waals surface area contributed by atoms with Crippen molar-refractivity contribution in [3.8, 4) is 0 Å². The van der Waals surface area contributed by atoms with Crippen molar-refractivity contribution in [3.05, 3.63) is 12.2 Å². The molecule has 2 saturated heterocycles. The number of rotatable bonds is 6. The third-order valence-electron chi connectivity index (χ3n) is 9.85. The van der Waals surface area contributed by atoms with Gasteiger partial charge in [-0.25, -0.2) is 0 Å². The maximum absolute atomic E-state index is 12.0. The van der Waals surface area contributed by atoms with Gasteiger partial charge in [0.05, 0.1) is 12.2 Å². The minimum absolute atomic E-state index is 0.00855. The number of hydrogen-bond donors (Lipinski definition) is 2. The van der Waals surface area contributed by atoms with E-state index < -0.39 is 38.2 Å². The Hall–Kier alpha value is -0.283. The van der Waals surface area contributed by atoms with E-state index in [1.54, 1.807) is 0 Å². The second kappa shape index (κ2) is 7.86. The van der Waals surface area contributed by atoms with Gasteiger partial charge >= 0.3 is 0 Å². The highest BCUT2D eigenvalue weighted by molar-refractivity contribution is 6.74. The van der Waals surface area contributed by atoms with Crippen LogP contribution >= 0.6 is 0 Å². The van der Waals surface area contributed by atoms with Gasteiger partial charge in [-0.3, -0.25) is 0 Å². The van der Waals surface area contributed by atoms with Crippen LogP contribution in [-0.4, -0.2) is 61.1 Å². The summed E-state index contributed by atoms with van der Waals surface area (Å²) in [5.74, 6) is -0.305. The molecule has 4 rings (SSSR count). The van der Waals surface area contributed by atoms with Gasteiger partial charge in [-0.1, -0.05) is 46.8 Å². The van der Waals surface area contributed by atoms with Crippen LogP contribution in [0, 0.1) is 16.7 Å². The molecular formula is C26H46O6Si. The second-order valence-corrected chi connectivity index (χ2v) is 18.2. The molecular weight excluding hydrogens is 436 g/mol. The maximum atomic E-state index is 12.0. The average molecular weight is 483 g/mol. The number of fused-ring (bicyclic) bond motifs is 3. The molecule has 0 radical (unpaired) electrons. The van der Waals surface area contributed by atoms with Crippen LogP contribution in [-0.2, 0) is 18.6 Å². The number of aliphatic hydroxyl groups is 2. The van der Waals surface area contributed by atoms with Crippen LogP contribution in [0.5, 0.6) is 0 Å². The lowest BCUT2D eigenvalue weighted by atomic mass is 9.67. The van der Waals surface area contributed by atoms with Gasteiger partial charge < -0.3 is 28.8 Å². The molecule has 33 heavy (non-hydrogen) atoms. The Balaban J connectivity index is 1.57. The van der Waals surface area contributed by atoms with E-state index in [1.807, 2.05) is 19.9 Å². The van der Waals surface area contributed by atoms with Crippen LogP contribution < -0.4 is 0 Å². The number of aliphatic hydroxyl groups excluding tert-OH is 1. The molecule has 2 saturated carbocycles. The van der Waals surface area contributed by atoms with Crippen LogP contribution in [0.15, 0.2) is 12.2 Å². The Bertz CT molecular complexity index is 786. The largest absolute Gasteiger partial charge is 0.417 e. The topological polar surface area (TPSA) is 77.4 Å². The van der Waals surface area contributed by atoms with Gasteiger partial charge in [-0.2, -0.15) is 0 Å². The third kappa shape index (κ3) is 4.00. The molecule has 0 aromatic rings. The first kappa shape index (κ1) is 25.8. The summed E-state index contributed by atoms with van der Waals surface area (Å²) in [6.07, 6.45) is 5.27. The molecule has 4 aliphatic rings. The quantitative estimate of drug-likeness (QED) is 0.420. The van der Waals surface area contributed by atoms with Crippen molar-refractivity contribution in [1.29, 1.82) is 0 Å². The van der Waals surface area contributed by atoms with E-state index in [0.29, 0.717) is 18.9 Å². The molecule has 2 bridgehead atoms. The molecule has 2 aliphatic heterocycles. The molecule has 4 fully saturated rings. The van der Waals surface area contributed by atoms with Crippen molar-refractivity contribution in [2.75, 3.05) is 6.61 Å². The van der Waals surface area contributed by atoms with Gasteiger partial charge in [0, 0.05) is 12.0 Å². The minimum atomic E-state index is -1.91. The van der Waals surface area contributed by atoms with Crippen molar-refractivity contribution in [2.24, 2.45) is 16.7 Å². The number of ether oxygens (including phenoxy) is 3. The lowest BCUT2D eigenvalue weighted by Gasteiger charge is -2.40. The predicted molar refractivity (Wildman–Crippen MR) is 130 cm³/mol. The van der Waals surface area contributed by atoms with Gasteiger partial charge in [-0.15, -0.1) is 0 Å². The number of hydrogen-bond acceptors (Lipinski definition) is 6. The standard InChI is InChI=1S/C26H46O6Si/c1-22(2,3)33(8,9)29-15-11-19-26(28,20-21(30-19)32-24(6,7)31-20)14-13-25-12-10-17(16-18(25)27)23(25,4)5/h13-14,17-21,27-28H,10-12,15-16H2,1-9H3/b14-13+/t17?,18-,19-,20+,21-,25?,26-/m1/s1. The summed E-state index contributed by atoms with van der Waals surface area (Å²) in [4.78, 5) is 0. The highest BCUT2D eigenvalue weighted by Crippen LogP contribution is 2.66. The molecule has 0 spiro atoms. The molecule has 2 N–H and O–H groups in total. The summed E-state index contributed by atoms with van der Waals surface area (Å²) in [6.45, 7) is 19.9. The molecule has 0 aromatic carbocycles. The monoisotopic (exact) mass is 482 g/mol. The first-order chi connectivity index (χ1) is 15.0. The van der Waals surface area contributed by atoms with Crippen LogP contribution in [0.1, 0.15) is 74.1 Å². The van der Waals surface area contributed by atoms with E-state index in [4.69, 9.17) is 18.6 Å². The van der Waals surface area contributed by atoms with Crippen LogP contribution in [0.25, 0.3) is 0 Å². The Labute approximate surface area is 201 Å². The Morgan fingerprint density at radius 2 is 1.76 bits per heavy atom. The van der Waals surface area contributed by atoms with E-state index in [-0.39, 0.29) is 22.0 Å². The summed E-state index contributed by atoms with van der Waals surface area (Å²) in [5.41, 5.74) is -1.69. The molecule has 0 aromatic heterocycles. The third-order valence-corrected chi connectivity index (χ3v) is 14.4. The van der Waals surface area contributed by atoms with E-state index in [9.17, 15) is 10.2 Å². The maximum Gasteiger partial charge on any atom is 0.191 e.